The van der Waals surface area contributed by atoms with Crippen molar-refractivity contribution >= 4 is 56.1 Å². The fraction of sp³-hybridized carbons (Fsp3) is 0.0500. The Balaban J connectivity index is 0.569. The second kappa shape index (κ2) is 31.9. The van der Waals surface area contributed by atoms with Crippen LogP contribution in [-0.4, -0.2) is 29.9 Å². The first-order valence-corrected chi connectivity index (χ1v) is 44.0. The first-order chi connectivity index (χ1) is 63.4. The van der Waals surface area contributed by atoms with Gasteiger partial charge in [-0.3, -0.25) is 0 Å². The first kappa shape index (κ1) is 77.2. The number of furan rings is 1. The topological polar surface area (TPSA) is 97.0 Å². The molecule has 23 rings (SSSR count). The van der Waals surface area contributed by atoms with Crippen molar-refractivity contribution in [3.8, 4) is 157 Å². The molecule has 0 radical (unpaired) electrons. The van der Waals surface area contributed by atoms with Crippen LogP contribution in [0.15, 0.2) is 441 Å². The molecule has 9 nitrogen and oxygen atoms in total. The highest BCUT2D eigenvalue weighted by atomic mass is 16.3. The van der Waals surface area contributed by atoms with Gasteiger partial charge in [-0.05, 0) is 209 Å². The van der Waals surface area contributed by atoms with Gasteiger partial charge in [0.25, 0.3) is 0 Å². The van der Waals surface area contributed by atoms with Crippen LogP contribution in [0, 0.1) is 0 Å². The zero-order valence-corrected chi connectivity index (χ0v) is 71.6. The number of anilines is 6. The van der Waals surface area contributed by atoms with Crippen molar-refractivity contribution in [3.63, 3.8) is 0 Å². The van der Waals surface area contributed by atoms with Crippen LogP contribution < -0.4 is 9.80 Å². The quantitative estimate of drug-likeness (QED) is 0.0832. The molecule has 610 valence electrons. The van der Waals surface area contributed by atoms with Crippen LogP contribution in [0.1, 0.15) is 49.9 Å². The highest BCUT2D eigenvalue weighted by Crippen LogP contribution is 2.56. The Labute approximate surface area is 750 Å². The van der Waals surface area contributed by atoms with Gasteiger partial charge in [-0.15, -0.1) is 0 Å². The summed E-state index contributed by atoms with van der Waals surface area (Å²) in [5.74, 6) is 3.57. The maximum atomic E-state index is 6.78. The van der Waals surface area contributed by atoms with E-state index in [4.69, 9.17) is 34.3 Å². The molecule has 0 N–H and O–H groups in total. The Bertz CT molecular complexity index is 7830. The Morgan fingerprint density at radius 3 is 1.04 bits per heavy atom. The zero-order valence-electron chi connectivity index (χ0n) is 71.6. The Hall–Kier alpha value is -16.6. The summed E-state index contributed by atoms with van der Waals surface area (Å²) in [7, 11) is 0. The maximum Gasteiger partial charge on any atom is 0.164 e. The number of hydrogen-bond donors (Lipinski definition) is 0. The monoisotopic (exact) mass is 1650 g/mol. The fourth-order valence-electron chi connectivity index (χ4n) is 19.3. The first-order valence-electron chi connectivity index (χ1n) is 44.0. The average molecular weight is 1650 g/mol. The SMILES string of the molecule is CC1(C)c2cc(-c3nc(-c4ccccc4)nc(-c4ccccc4)n3)ccc2-c2ccc(N(c3ccc(-c4cccc(-c5cccc(-c6cccc(-c7nc(-c8ccc(-c9ccccc9)cc8)nc(-c8ccc9oc%10ccc(N(c%11ccc(-c%12ccccc%12)cc%11)c%11cccc%12c%11-c%11ccccc%11C%12(C)C)cc%10c9c8)n7)c6)c5)c4)cc3)c3ccccc3-c3ccccc3)cc21. The number of aromatic nitrogens is 6. The molecule has 0 aliphatic heterocycles. The lowest BCUT2D eigenvalue weighted by atomic mass is 9.81. The molecule has 0 saturated heterocycles. The van der Waals surface area contributed by atoms with Gasteiger partial charge in [0.1, 0.15) is 11.2 Å². The Morgan fingerprint density at radius 1 is 0.186 bits per heavy atom. The molecular formula is C120H84N8O. The Kier molecular flexibility index (Phi) is 19.1. The van der Waals surface area contributed by atoms with Gasteiger partial charge in [0.15, 0.2) is 34.9 Å². The second-order valence-electron chi connectivity index (χ2n) is 34.5. The predicted octanol–water partition coefficient (Wildman–Crippen LogP) is 31.5. The second-order valence-corrected chi connectivity index (χ2v) is 34.5. The molecule has 21 aromatic rings. The lowest BCUT2D eigenvalue weighted by Crippen LogP contribution is -2.17. The van der Waals surface area contributed by atoms with E-state index in [1.807, 2.05) is 42.5 Å². The summed E-state index contributed by atoms with van der Waals surface area (Å²) in [6.45, 7) is 9.37. The Morgan fingerprint density at radius 2 is 0.488 bits per heavy atom. The molecule has 0 saturated carbocycles. The summed E-state index contributed by atoms with van der Waals surface area (Å²) in [4.78, 5) is 36.3. The van der Waals surface area contributed by atoms with Gasteiger partial charge in [-0.2, -0.15) is 0 Å². The van der Waals surface area contributed by atoms with Crippen LogP contribution in [0.4, 0.5) is 34.1 Å². The zero-order chi connectivity index (χ0) is 86.3. The molecule has 2 aliphatic carbocycles. The number of nitrogens with zero attached hydrogens (tertiary/aromatic N) is 8. The van der Waals surface area contributed by atoms with E-state index in [9.17, 15) is 0 Å². The van der Waals surface area contributed by atoms with E-state index in [1.165, 1.54) is 50.1 Å². The van der Waals surface area contributed by atoms with Gasteiger partial charge in [0, 0.05) is 88.9 Å². The minimum atomic E-state index is -0.384. The van der Waals surface area contributed by atoms with Gasteiger partial charge in [-0.1, -0.05) is 355 Å². The summed E-state index contributed by atoms with van der Waals surface area (Å²) < 4.78 is 6.78. The van der Waals surface area contributed by atoms with Crippen LogP contribution in [0.2, 0.25) is 0 Å². The minimum Gasteiger partial charge on any atom is -0.456 e. The van der Waals surface area contributed by atoms with Crippen LogP contribution in [0.5, 0.6) is 0 Å². The van der Waals surface area contributed by atoms with Crippen molar-refractivity contribution in [2.24, 2.45) is 0 Å². The van der Waals surface area contributed by atoms with Gasteiger partial charge < -0.3 is 14.2 Å². The summed E-state index contributed by atoms with van der Waals surface area (Å²) in [5.41, 5.74) is 36.0. The van der Waals surface area contributed by atoms with E-state index < -0.39 is 0 Å². The molecule has 2 aliphatic rings. The lowest BCUT2D eigenvalue weighted by Gasteiger charge is -2.30. The summed E-state index contributed by atoms with van der Waals surface area (Å²) in [6, 6.07) is 156. The van der Waals surface area contributed by atoms with Crippen LogP contribution in [0.3, 0.4) is 0 Å². The molecule has 0 bridgehead atoms. The molecule has 3 heterocycles. The van der Waals surface area contributed by atoms with E-state index in [1.54, 1.807) is 0 Å². The molecule has 0 unspecified atom stereocenters. The van der Waals surface area contributed by atoms with E-state index >= 15 is 0 Å². The molecule has 18 aromatic carbocycles. The van der Waals surface area contributed by atoms with Gasteiger partial charge in [-0.25, -0.2) is 29.9 Å². The predicted molar refractivity (Wildman–Crippen MR) is 530 cm³/mol. The third-order valence-corrected chi connectivity index (χ3v) is 26.0. The van der Waals surface area contributed by atoms with E-state index in [0.29, 0.717) is 34.9 Å². The van der Waals surface area contributed by atoms with Crippen molar-refractivity contribution in [1.82, 2.24) is 29.9 Å². The van der Waals surface area contributed by atoms with E-state index in [-0.39, 0.29) is 10.8 Å². The number of hydrogen-bond acceptors (Lipinski definition) is 9. The van der Waals surface area contributed by atoms with Crippen molar-refractivity contribution in [1.29, 1.82) is 0 Å². The van der Waals surface area contributed by atoms with Crippen LogP contribution >= 0.6 is 0 Å². The molecule has 9 heteroatoms. The fourth-order valence-corrected chi connectivity index (χ4v) is 19.3. The van der Waals surface area contributed by atoms with Crippen LogP contribution in [-0.2, 0) is 10.8 Å². The van der Waals surface area contributed by atoms with Gasteiger partial charge in [0.2, 0.25) is 0 Å². The maximum absolute atomic E-state index is 6.78. The summed E-state index contributed by atoms with van der Waals surface area (Å²) in [5, 5.41) is 1.93. The number of rotatable bonds is 18. The molecule has 129 heavy (non-hydrogen) atoms. The largest absolute Gasteiger partial charge is 0.456 e. The van der Waals surface area contributed by atoms with E-state index in [2.05, 4.69) is 432 Å². The lowest BCUT2D eigenvalue weighted by molar-refractivity contribution is 0.660. The third-order valence-electron chi connectivity index (χ3n) is 26.0. The highest BCUT2D eigenvalue weighted by Gasteiger charge is 2.40. The molecule has 0 spiro atoms. The number of fused-ring (bicyclic) bond motifs is 9. The standard InChI is InChI=1S/C120H84N8O/c1-119(2)104-46-22-20-45-101(104)112-105(119)47-27-49-109(112)128(95-60-54-80(55-61-95)78-30-12-6-13-31-78)96-65-69-111-103(75-96)102-73-92(59-68-110(102)129-111)117-125-115(85-52-50-79(51-53-85)77-28-10-5-11-29-77)124-116(126-117)91-43-26-42-90(72-91)89-41-25-40-88(71-89)87-39-24-38-86(70-87)81-56-62-94(63-57-81)127(108-48-23-21-44-98(108)82-32-14-7-15-33-82)97-64-67-100-99-66-58-93(74-106(99)120(3,4)107(100)76-97)118-122-113(83-34-16-8-17-35-83)121-114(123-118)84-36-18-9-19-37-84/h5-76H,1-4H3. The minimum absolute atomic E-state index is 0.195. The van der Waals surface area contributed by atoms with Crippen molar-refractivity contribution in [3.05, 3.63) is 459 Å². The van der Waals surface area contributed by atoms with Crippen molar-refractivity contribution in [2.75, 3.05) is 9.80 Å². The molecular weight excluding hydrogens is 1570 g/mol. The third kappa shape index (κ3) is 14.1. The molecule has 0 atom stereocenters. The normalized spacial score (nSPS) is 12.6. The summed E-state index contributed by atoms with van der Waals surface area (Å²) >= 11 is 0. The van der Waals surface area contributed by atoms with Crippen molar-refractivity contribution in [2.45, 2.75) is 38.5 Å². The number of para-hydroxylation sites is 1. The summed E-state index contributed by atoms with van der Waals surface area (Å²) in [6.07, 6.45) is 0. The van der Waals surface area contributed by atoms with E-state index in [0.717, 1.165) is 151 Å². The van der Waals surface area contributed by atoms with Gasteiger partial charge in [0.05, 0.1) is 11.4 Å². The highest BCUT2D eigenvalue weighted by molar-refractivity contribution is 6.09. The molecule has 0 fully saturated rings. The van der Waals surface area contributed by atoms with Crippen LogP contribution in [0.25, 0.3) is 179 Å². The molecule has 3 aromatic heterocycles. The smallest absolute Gasteiger partial charge is 0.164 e. The average Bonchev–Trinajstić information content (AvgIpc) is 1.56. The van der Waals surface area contributed by atoms with Gasteiger partial charge >= 0.3 is 0 Å². The van der Waals surface area contributed by atoms with Crippen molar-refractivity contribution < 1.29 is 4.42 Å². The molecule has 0 amide bonds. The number of benzene rings is 18.